The number of anilines is 1. The van der Waals surface area contributed by atoms with Gasteiger partial charge in [0.2, 0.25) is 21.8 Å². The van der Waals surface area contributed by atoms with Crippen molar-refractivity contribution < 1.29 is 18.0 Å². The molecule has 3 rings (SSSR count). The van der Waals surface area contributed by atoms with Crippen LogP contribution in [0.3, 0.4) is 0 Å². The third-order valence-electron chi connectivity index (χ3n) is 6.24. The molecule has 0 aliphatic carbocycles. The van der Waals surface area contributed by atoms with Gasteiger partial charge in [-0.2, -0.15) is 0 Å². The van der Waals surface area contributed by atoms with Gasteiger partial charge in [0.05, 0.1) is 11.9 Å². The highest BCUT2D eigenvalue weighted by Gasteiger charge is 2.32. The topological polar surface area (TPSA) is 86.8 Å². The van der Waals surface area contributed by atoms with E-state index in [0.717, 1.165) is 32.8 Å². The average Bonchev–Trinajstić information content (AvgIpc) is 2.86. The fourth-order valence-corrected chi connectivity index (χ4v) is 5.06. The summed E-state index contributed by atoms with van der Waals surface area (Å²) in [4.78, 5) is 28.5. The highest BCUT2D eigenvalue weighted by Crippen LogP contribution is 2.26. The number of hydrogen-bond donors (Lipinski definition) is 1. The molecule has 0 radical (unpaired) electrons. The highest BCUT2D eigenvalue weighted by molar-refractivity contribution is 7.92. The summed E-state index contributed by atoms with van der Waals surface area (Å²) in [5.74, 6) is -0.843. The molecule has 2 amide bonds. The molecule has 37 heavy (non-hydrogen) atoms. The van der Waals surface area contributed by atoms with Crippen LogP contribution in [-0.4, -0.2) is 51.0 Å². The minimum Gasteiger partial charge on any atom is -0.357 e. The molecule has 0 bridgehead atoms. The molecule has 1 N–H and O–H groups in total. The molecule has 7 nitrogen and oxygen atoms in total. The van der Waals surface area contributed by atoms with Crippen LogP contribution in [0.4, 0.5) is 5.69 Å². The highest BCUT2D eigenvalue weighted by atomic mass is 35.5. The first-order valence-corrected chi connectivity index (χ1v) is 14.1. The Balaban J connectivity index is 2.05. The molecule has 3 aromatic rings. The first-order chi connectivity index (χ1) is 17.5. The van der Waals surface area contributed by atoms with Crippen LogP contribution >= 0.6 is 11.6 Å². The Kier molecular flexibility index (Phi) is 9.34. The number of amides is 2. The van der Waals surface area contributed by atoms with Crippen LogP contribution in [0, 0.1) is 13.8 Å². The molecule has 0 fully saturated rings. The minimum atomic E-state index is -3.84. The smallest absolute Gasteiger partial charge is 0.244 e. The second-order valence-corrected chi connectivity index (χ2v) is 11.3. The standard InChI is InChI=1S/C28H32ClN3O4S/c1-20-10-8-9-13-23(20)18-31(26(28(34)30-3)16-22-11-6-5-7-12-22)27(33)19-32(37(4,35)36)24-15-14-21(2)25(29)17-24/h5-15,17,26H,16,18-19H2,1-4H3,(H,30,34)/t26-/m0/s1. The third kappa shape index (κ3) is 7.33. The number of benzene rings is 3. The number of nitrogens with zero attached hydrogens (tertiary/aromatic N) is 2. The van der Waals surface area contributed by atoms with Gasteiger partial charge < -0.3 is 10.2 Å². The van der Waals surface area contributed by atoms with Crippen molar-refractivity contribution in [3.8, 4) is 0 Å². The van der Waals surface area contributed by atoms with E-state index < -0.39 is 28.5 Å². The molecule has 0 unspecified atom stereocenters. The summed E-state index contributed by atoms with van der Waals surface area (Å²) in [6, 6.07) is 21.0. The number of aryl methyl sites for hydroxylation is 2. The Bertz CT molecular complexity index is 1360. The zero-order valence-electron chi connectivity index (χ0n) is 21.4. The zero-order chi connectivity index (χ0) is 27.2. The summed E-state index contributed by atoms with van der Waals surface area (Å²) in [7, 11) is -2.32. The predicted octanol–water partition coefficient (Wildman–Crippen LogP) is 4.11. The molecule has 0 spiro atoms. The minimum absolute atomic E-state index is 0.142. The van der Waals surface area contributed by atoms with E-state index in [4.69, 9.17) is 11.6 Å². The second kappa shape index (κ2) is 12.3. The Hall–Kier alpha value is -3.36. The van der Waals surface area contributed by atoms with Gasteiger partial charge in [-0.15, -0.1) is 0 Å². The van der Waals surface area contributed by atoms with Crippen LogP contribution in [0.1, 0.15) is 22.3 Å². The maximum atomic E-state index is 13.9. The van der Waals surface area contributed by atoms with E-state index in [0.29, 0.717) is 5.02 Å². The summed E-state index contributed by atoms with van der Waals surface area (Å²) < 4.78 is 26.6. The molecule has 1 atom stereocenters. The first kappa shape index (κ1) is 28.2. The van der Waals surface area contributed by atoms with Crippen molar-refractivity contribution >= 4 is 39.1 Å². The van der Waals surface area contributed by atoms with Gasteiger partial charge in [0.15, 0.2) is 0 Å². The number of hydrogen-bond acceptors (Lipinski definition) is 4. The fraction of sp³-hybridized carbons (Fsp3) is 0.286. The van der Waals surface area contributed by atoms with Crippen molar-refractivity contribution in [2.24, 2.45) is 0 Å². The molecule has 0 aliphatic heterocycles. The van der Waals surface area contributed by atoms with E-state index in [-0.39, 0.29) is 24.6 Å². The van der Waals surface area contributed by atoms with Crippen LogP contribution in [0.15, 0.2) is 72.8 Å². The normalized spacial score (nSPS) is 12.0. The average molecular weight is 542 g/mol. The number of halogens is 1. The first-order valence-electron chi connectivity index (χ1n) is 11.8. The SMILES string of the molecule is CNC(=O)[C@H](Cc1ccccc1)N(Cc1ccccc1C)C(=O)CN(c1ccc(C)c(Cl)c1)S(C)(=O)=O. The fourth-order valence-electron chi connectivity index (χ4n) is 4.04. The van der Waals surface area contributed by atoms with Crippen LogP contribution in [0.5, 0.6) is 0 Å². The van der Waals surface area contributed by atoms with Gasteiger partial charge in [0, 0.05) is 25.0 Å². The largest absolute Gasteiger partial charge is 0.357 e. The van der Waals surface area contributed by atoms with Crippen molar-refractivity contribution in [3.63, 3.8) is 0 Å². The molecular formula is C28H32ClN3O4S. The van der Waals surface area contributed by atoms with E-state index in [9.17, 15) is 18.0 Å². The van der Waals surface area contributed by atoms with Crippen molar-refractivity contribution in [3.05, 3.63) is 100 Å². The summed E-state index contributed by atoms with van der Waals surface area (Å²) in [6.07, 6.45) is 1.31. The summed E-state index contributed by atoms with van der Waals surface area (Å²) >= 11 is 6.26. The Morgan fingerprint density at radius 1 is 0.946 bits per heavy atom. The van der Waals surface area contributed by atoms with Crippen molar-refractivity contribution in [2.45, 2.75) is 32.9 Å². The zero-order valence-corrected chi connectivity index (χ0v) is 23.0. The number of likely N-dealkylation sites (N-methyl/N-ethyl adjacent to an activating group) is 1. The number of nitrogens with one attached hydrogen (secondary N) is 1. The van der Waals surface area contributed by atoms with Gasteiger partial charge in [0.1, 0.15) is 12.6 Å². The lowest BCUT2D eigenvalue weighted by Crippen LogP contribution is -2.53. The summed E-state index contributed by atoms with van der Waals surface area (Å²) in [5.41, 5.74) is 3.77. The van der Waals surface area contributed by atoms with Crippen molar-refractivity contribution in [1.29, 1.82) is 0 Å². The summed E-state index contributed by atoms with van der Waals surface area (Å²) in [5, 5.41) is 3.06. The second-order valence-electron chi connectivity index (χ2n) is 8.97. The quantitative estimate of drug-likeness (QED) is 0.418. The van der Waals surface area contributed by atoms with Gasteiger partial charge in [-0.1, -0.05) is 72.3 Å². The molecule has 3 aromatic carbocycles. The van der Waals surface area contributed by atoms with Crippen LogP contribution < -0.4 is 9.62 Å². The number of rotatable bonds is 10. The molecule has 0 saturated carbocycles. The number of carbonyl (C=O) groups is 2. The Morgan fingerprint density at radius 3 is 2.19 bits per heavy atom. The number of sulfonamides is 1. The molecule has 0 saturated heterocycles. The lowest BCUT2D eigenvalue weighted by atomic mass is 10.0. The maximum Gasteiger partial charge on any atom is 0.244 e. The van der Waals surface area contributed by atoms with Gasteiger partial charge in [-0.05, 0) is 48.2 Å². The van der Waals surface area contributed by atoms with E-state index >= 15 is 0 Å². The van der Waals surface area contributed by atoms with E-state index in [1.807, 2.05) is 68.4 Å². The van der Waals surface area contributed by atoms with Crippen molar-refractivity contribution in [1.82, 2.24) is 10.2 Å². The Morgan fingerprint density at radius 2 is 1.59 bits per heavy atom. The van der Waals surface area contributed by atoms with Gasteiger partial charge in [0.25, 0.3) is 0 Å². The maximum absolute atomic E-state index is 13.9. The molecule has 0 aromatic heterocycles. The van der Waals surface area contributed by atoms with E-state index in [1.165, 1.54) is 18.0 Å². The van der Waals surface area contributed by atoms with Gasteiger partial charge in [-0.3, -0.25) is 13.9 Å². The lowest BCUT2D eigenvalue weighted by molar-refractivity contribution is -0.139. The van der Waals surface area contributed by atoms with Gasteiger partial charge in [-0.25, -0.2) is 8.42 Å². The third-order valence-corrected chi connectivity index (χ3v) is 7.79. The number of carbonyl (C=O) groups excluding carboxylic acids is 2. The van der Waals surface area contributed by atoms with Crippen LogP contribution in [0.2, 0.25) is 5.02 Å². The van der Waals surface area contributed by atoms with E-state index in [2.05, 4.69) is 5.32 Å². The van der Waals surface area contributed by atoms with E-state index in [1.54, 1.807) is 12.1 Å². The van der Waals surface area contributed by atoms with Crippen LogP contribution in [-0.2, 0) is 32.6 Å². The molecule has 196 valence electrons. The Labute approximate surface area is 224 Å². The van der Waals surface area contributed by atoms with Crippen molar-refractivity contribution in [2.75, 3.05) is 24.2 Å². The summed E-state index contributed by atoms with van der Waals surface area (Å²) in [6.45, 7) is 3.40. The molecule has 0 heterocycles. The van der Waals surface area contributed by atoms with Crippen LogP contribution in [0.25, 0.3) is 0 Å². The molecular weight excluding hydrogens is 510 g/mol. The predicted molar refractivity (Wildman–Crippen MR) is 148 cm³/mol. The molecule has 9 heteroatoms. The van der Waals surface area contributed by atoms with Gasteiger partial charge >= 0.3 is 0 Å². The molecule has 0 aliphatic rings. The monoisotopic (exact) mass is 541 g/mol. The lowest BCUT2D eigenvalue weighted by Gasteiger charge is -2.33.